The van der Waals surface area contributed by atoms with Gasteiger partial charge in [-0.2, -0.15) is 0 Å². The third-order valence-electron chi connectivity index (χ3n) is 5.04. The van der Waals surface area contributed by atoms with Crippen LogP contribution >= 0.6 is 22.6 Å². The van der Waals surface area contributed by atoms with Gasteiger partial charge in [0.05, 0.1) is 14.7 Å². The Morgan fingerprint density at radius 1 is 0.786 bits per heavy atom. The van der Waals surface area contributed by atoms with E-state index >= 15 is 0 Å². The lowest BCUT2D eigenvalue weighted by molar-refractivity contribution is -0.140. The number of hydrogen-bond acceptors (Lipinski definition) is 3. The van der Waals surface area contributed by atoms with Crippen LogP contribution in [0, 0.1) is 3.57 Å². The molecule has 3 aromatic carbocycles. The van der Waals surface area contributed by atoms with E-state index in [4.69, 9.17) is 13.9 Å². The Kier molecular flexibility index (Phi) is 4.25. The second kappa shape index (κ2) is 6.79. The molecular weight excluding hydrogens is 463 g/mol. The van der Waals surface area contributed by atoms with Crippen LogP contribution in [0.4, 0.5) is 0 Å². The maximum Gasteiger partial charge on any atom is 0.268 e. The molecule has 1 atom stereocenters. The fourth-order valence-electron chi connectivity index (χ4n) is 3.74. The van der Waals surface area contributed by atoms with Crippen molar-refractivity contribution in [3.8, 4) is 28.4 Å². The molecule has 4 aromatic rings. The summed E-state index contributed by atoms with van der Waals surface area (Å²) in [5.74, 6) is 1.28. The van der Waals surface area contributed by atoms with Crippen molar-refractivity contribution in [1.82, 2.24) is 0 Å². The molecule has 0 saturated carbocycles. The number of ether oxygens (including phenoxy) is 2. The van der Waals surface area contributed by atoms with Crippen LogP contribution in [0.2, 0.25) is 0 Å². The van der Waals surface area contributed by atoms with Crippen molar-refractivity contribution < 1.29 is 13.9 Å². The van der Waals surface area contributed by atoms with Crippen molar-refractivity contribution in [2.75, 3.05) is 7.11 Å². The standard InChI is InChI=1S/C24H17IO3/c1-26-24(17-12-6-3-7-13-17)20-21(25)22(16-10-4-2-5-11-16)27-23(20)18-14-8-9-15-19(18)28-24/h2-15H,1H3. The Bertz CT molecular complexity index is 1140. The van der Waals surface area contributed by atoms with Crippen LogP contribution in [0.25, 0.3) is 22.6 Å². The molecule has 1 aliphatic heterocycles. The van der Waals surface area contributed by atoms with E-state index in [-0.39, 0.29) is 0 Å². The van der Waals surface area contributed by atoms with E-state index in [1.165, 1.54) is 0 Å². The molecule has 28 heavy (non-hydrogen) atoms. The Balaban J connectivity index is 1.85. The number of para-hydroxylation sites is 1. The number of benzene rings is 3. The number of halogens is 1. The second-order valence-electron chi connectivity index (χ2n) is 6.60. The summed E-state index contributed by atoms with van der Waals surface area (Å²) < 4.78 is 20.1. The molecule has 0 radical (unpaired) electrons. The summed E-state index contributed by atoms with van der Waals surface area (Å²) in [7, 11) is 1.68. The smallest absolute Gasteiger partial charge is 0.268 e. The molecule has 5 rings (SSSR count). The van der Waals surface area contributed by atoms with E-state index in [1.807, 2.05) is 72.8 Å². The van der Waals surface area contributed by atoms with Gasteiger partial charge in [0, 0.05) is 18.2 Å². The van der Waals surface area contributed by atoms with E-state index in [0.717, 1.165) is 43.1 Å². The van der Waals surface area contributed by atoms with Crippen LogP contribution in [-0.2, 0) is 10.5 Å². The van der Waals surface area contributed by atoms with Crippen LogP contribution in [0.15, 0.2) is 89.3 Å². The first kappa shape index (κ1) is 17.5. The van der Waals surface area contributed by atoms with Crippen molar-refractivity contribution in [3.05, 3.63) is 99.6 Å². The number of hydrogen-bond donors (Lipinski definition) is 0. The van der Waals surface area contributed by atoms with Gasteiger partial charge >= 0.3 is 0 Å². The van der Waals surface area contributed by atoms with Crippen molar-refractivity contribution in [2.45, 2.75) is 5.79 Å². The third kappa shape index (κ3) is 2.52. The fraction of sp³-hybridized carbons (Fsp3) is 0.0833. The lowest BCUT2D eigenvalue weighted by Gasteiger charge is -2.37. The predicted molar refractivity (Wildman–Crippen MR) is 117 cm³/mol. The summed E-state index contributed by atoms with van der Waals surface area (Å²) in [4.78, 5) is 0. The summed E-state index contributed by atoms with van der Waals surface area (Å²) in [6.07, 6.45) is 0. The zero-order valence-corrected chi connectivity index (χ0v) is 17.3. The molecule has 1 unspecified atom stereocenters. The van der Waals surface area contributed by atoms with Crippen LogP contribution < -0.4 is 4.74 Å². The lowest BCUT2D eigenvalue weighted by atomic mass is 9.91. The monoisotopic (exact) mass is 480 g/mol. The zero-order valence-electron chi connectivity index (χ0n) is 15.2. The summed E-state index contributed by atoms with van der Waals surface area (Å²) in [6, 6.07) is 28.1. The Morgan fingerprint density at radius 3 is 2.14 bits per heavy atom. The molecule has 0 fully saturated rings. The molecule has 0 saturated heterocycles. The van der Waals surface area contributed by atoms with Crippen molar-refractivity contribution in [1.29, 1.82) is 0 Å². The molecule has 138 valence electrons. The maximum atomic E-state index is 6.52. The van der Waals surface area contributed by atoms with Crippen molar-refractivity contribution in [3.63, 3.8) is 0 Å². The average Bonchev–Trinajstić information content (AvgIpc) is 3.12. The normalized spacial score (nSPS) is 17.5. The molecule has 0 amide bonds. The van der Waals surface area contributed by atoms with Gasteiger partial charge in [-0.1, -0.05) is 72.8 Å². The van der Waals surface area contributed by atoms with Gasteiger partial charge in [0.15, 0.2) is 0 Å². The molecule has 2 heterocycles. The molecule has 3 nitrogen and oxygen atoms in total. The number of furan rings is 1. The zero-order chi connectivity index (χ0) is 19.1. The third-order valence-corrected chi connectivity index (χ3v) is 6.07. The lowest BCUT2D eigenvalue weighted by Crippen LogP contribution is -2.39. The van der Waals surface area contributed by atoms with E-state index in [0.29, 0.717) is 0 Å². The number of rotatable bonds is 3. The quantitative estimate of drug-likeness (QED) is 0.316. The molecule has 0 N–H and O–H groups in total. The van der Waals surface area contributed by atoms with Crippen LogP contribution in [0.3, 0.4) is 0 Å². The topological polar surface area (TPSA) is 31.6 Å². The first-order chi connectivity index (χ1) is 13.7. The summed E-state index contributed by atoms with van der Waals surface area (Å²) in [6.45, 7) is 0. The average molecular weight is 480 g/mol. The minimum absolute atomic E-state index is 0.741. The summed E-state index contributed by atoms with van der Waals surface area (Å²) in [5.41, 5.74) is 3.78. The largest absolute Gasteiger partial charge is 0.454 e. The molecule has 0 aliphatic carbocycles. The minimum atomic E-state index is -1.07. The van der Waals surface area contributed by atoms with Gasteiger partial charge in [-0.05, 0) is 34.7 Å². The van der Waals surface area contributed by atoms with Crippen LogP contribution in [0.1, 0.15) is 11.1 Å². The van der Waals surface area contributed by atoms with Gasteiger partial charge < -0.3 is 13.9 Å². The van der Waals surface area contributed by atoms with Crippen molar-refractivity contribution >= 4 is 22.6 Å². The molecule has 0 bridgehead atoms. The van der Waals surface area contributed by atoms with Gasteiger partial charge in [-0.25, -0.2) is 0 Å². The maximum absolute atomic E-state index is 6.52. The van der Waals surface area contributed by atoms with Crippen molar-refractivity contribution in [2.24, 2.45) is 0 Å². The van der Waals surface area contributed by atoms with Crippen LogP contribution in [0.5, 0.6) is 5.75 Å². The first-order valence-electron chi connectivity index (χ1n) is 9.02. The number of fused-ring (bicyclic) bond motifs is 3. The van der Waals surface area contributed by atoms with Gasteiger partial charge in [-0.15, -0.1) is 0 Å². The molecule has 4 heteroatoms. The number of methoxy groups -OCH3 is 1. The van der Waals surface area contributed by atoms with Gasteiger partial charge in [0.25, 0.3) is 5.79 Å². The minimum Gasteiger partial charge on any atom is -0.454 e. The Labute approximate surface area is 177 Å². The van der Waals surface area contributed by atoms with Gasteiger partial charge in [0.2, 0.25) is 0 Å². The molecular formula is C24H17IO3. The first-order valence-corrected chi connectivity index (χ1v) is 10.1. The highest BCUT2D eigenvalue weighted by molar-refractivity contribution is 14.1. The predicted octanol–water partition coefficient (Wildman–Crippen LogP) is 6.46. The van der Waals surface area contributed by atoms with Gasteiger partial charge in [-0.3, -0.25) is 0 Å². The van der Waals surface area contributed by atoms with E-state index < -0.39 is 5.79 Å². The Morgan fingerprint density at radius 2 is 1.43 bits per heavy atom. The van der Waals surface area contributed by atoms with E-state index in [2.05, 4.69) is 34.7 Å². The summed E-state index contributed by atoms with van der Waals surface area (Å²) in [5, 5.41) is 0. The molecule has 1 aliphatic rings. The van der Waals surface area contributed by atoms with E-state index in [1.54, 1.807) is 7.11 Å². The second-order valence-corrected chi connectivity index (χ2v) is 7.68. The van der Waals surface area contributed by atoms with Gasteiger partial charge in [0.1, 0.15) is 17.3 Å². The Hall–Kier alpha value is -2.57. The van der Waals surface area contributed by atoms with Crippen LogP contribution in [-0.4, -0.2) is 7.11 Å². The highest BCUT2D eigenvalue weighted by Crippen LogP contribution is 2.53. The highest BCUT2D eigenvalue weighted by atomic mass is 127. The highest BCUT2D eigenvalue weighted by Gasteiger charge is 2.48. The molecule has 0 spiro atoms. The summed E-state index contributed by atoms with van der Waals surface area (Å²) >= 11 is 2.34. The van der Waals surface area contributed by atoms with E-state index in [9.17, 15) is 0 Å². The fourth-order valence-corrected chi connectivity index (χ4v) is 4.76. The SMILES string of the molecule is COC1(c2ccccc2)Oc2ccccc2-c2oc(-c3ccccc3)c(I)c21. The molecule has 1 aromatic heterocycles.